The van der Waals surface area contributed by atoms with Crippen molar-refractivity contribution in [2.45, 2.75) is 31.8 Å². The van der Waals surface area contributed by atoms with Crippen LogP contribution in [0.5, 0.6) is 0 Å². The van der Waals surface area contributed by atoms with Crippen molar-refractivity contribution in [3.63, 3.8) is 0 Å². The molecule has 0 amide bonds. The fraction of sp³-hybridized carbons (Fsp3) is 0.350. The van der Waals surface area contributed by atoms with Crippen LogP contribution >= 0.6 is 0 Å². The third kappa shape index (κ3) is 3.12. The molecule has 1 aromatic heterocycles. The number of nitrogens with zero attached hydrogens (tertiary/aromatic N) is 3. The van der Waals surface area contributed by atoms with Crippen molar-refractivity contribution in [3.8, 4) is 0 Å². The molecule has 4 rings (SSSR count). The van der Waals surface area contributed by atoms with E-state index < -0.39 is 0 Å². The Morgan fingerprint density at radius 3 is 2.68 bits per heavy atom. The number of benzene rings is 2. The average Bonchev–Trinajstić information content (AvgIpc) is 3.02. The van der Waals surface area contributed by atoms with Crippen LogP contribution in [-0.4, -0.2) is 33.9 Å². The molecule has 0 radical (unpaired) electrons. The molecule has 2 heterocycles. The van der Waals surface area contributed by atoms with Crippen LogP contribution < -0.4 is 4.90 Å². The molecular formula is C20H22FN3O. The highest BCUT2D eigenvalue weighted by molar-refractivity contribution is 5.79. The molecule has 1 unspecified atom stereocenters. The Balaban J connectivity index is 1.78. The van der Waals surface area contributed by atoms with Gasteiger partial charge in [0.15, 0.2) is 0 Å². The van der Waals surface area contributed by atoms with Crippen LogP contribution in [0, 0.1) is 5.82 Å². The van der Waals surface area contributed by atoms with Gasteiger partial charge >= 0.3 is 0 Å². The molecule has 1 fully saturated rings. The van der Waals surface area contributed by atoms with Gasteiger partial charge in [-0.25, -0.2) is 9.37 Å². The summed E-state index contributed by atoms with van der Waals surface area (Å²) < 4.78 is 15.4. The minimum absolute atomic E-state index is 0.109. The zero-order valence-electron chi connectivity index (χ0n) is 14.1. The highest BCUT2D eigenvalue weighted by Crippen LogP contribution is 2.29. The van der Waals surface area contributed by atoms with Crippen molar-refractivity contribution in [1.29, 1.82) is 0 Å². The van der Waals surface area contributed by atoms with Crippen molar-refractivity contribution in [2.75, 3.05) is 18.1 Å². The van der Waals surface area contributed by atoms with Gasteiger partial charge in [0.2, 0.25) is 5.95 Å². The molecule has 0 spiro atoms. The first kappa shape index (κ1) is 16.1. The molecule has 1 aliphatic heterocycles. The second kappa shape index (κ2) is 6.84. The van der Waals surface area contributed by atoms with Crippen molar-refractivity contribution in [2.24, 2.45) is 0 Å². The van der Waals surface area contributed by atoms with Crippen molar-refractivity contribution in [1.82, 2.24) is 9.55 Å². The lowest BCUT2D eigenvalue weighted by Crippen LogP contribution is -2.43. The van der Waals surface area contributed by atoms with Crippen LogP contribution in [0.1, 0.15) is 24.8 Å². The van der Waals surface area contributed by atoms with E-state index in [2.05, 4.69) is 15.5 Å². The summed E-state index contributed by atoms with van der Waals surface area (Å²) >= 11 is 0. The predicted molar refractivity (Wildman–Crippen MR) is 97.3 cm³/mol. The summed E-state index contributed by atoms with van der Waals surface area (Å²) in [5, 5.41) is 9.79. The van der Waals surface area contributed by atoms with Crippen LogP contribution in [0.15, 0.2) is 48.5 Å². The highest BCUT2D eigenvalue weighted by atomic mass is 19.1. The molecule has 130 valence electrons. The van der Waals surface area contributed by atoms with E-state index in [1.54, 1.807) is 0 Å². The highest BCUT2D eigenvalue weighted by Gasteiger charge is 2.26. The number of halogens is 1. The van der Waals surface area contributed by atoms with Gasteiger partial charge in [-0.05, 0) is 49.1 Å². The molecule has 1 aliphatic rings. The number of anilines is 1. The Morgan fingerprint density at radius 2 is 1.88 bits per heavy atom. The van der Waals surface area contributed by atoms with Gasteiger partial charge in [-0.1, -0.05) is 24.3 Å². The fourth-order valence-corrected chi connectivity index (χ4v) is 3.66. The van der Waals surface area contributed by atoms with Gasteiger partial charge in [0.25, 0.3) is 0 Å². The minimum Gasteiger partial charge on any atom is -0.394 e. The summed E-state index contributed by atoms with van der Waals surface area (Å²) in [5.41, 5.74) is 3.04. The van der Waals surface area contributed by atoms with E-state index >= 15 is 0 Å². The van der Waals surface area contributed by atoms with Gasteiger partial charge in [0.05, 0.1) is 30.2 Å². The van der Waals surface area contributed by atoms with E-state index in [1.165, 1.54) is 12.1 Å². The van der Waals surface area contributed by atoms with Crippen LogP contribution in [0.3, 0.4) is 0 Å². The smallest absolute Gasteiger partial charge is 0.207 e. The molecule has 3 aromatic rings. The van der Waals surface area contributed by atoms with E-state index in [9.17, 15) is 9.50 Å². The van der Waals surface area contributed by atoms with E-state index in [0.717, 1.165) is 48.4 Å². The molecule has 25 heavy (non-hydrogen) atoms. The number of aromatic nitrogens is 2. The lowest BCUT2D eigenvalue weighted by Gasteiger charge is -2.35. The third-order valence-corrected chi connectivity index (χ3v) is 4.98. The number of hydrogen-bond acceptors (Lipinski definition) is 3. The minimum atomic E-state index is -0.226. The molecular weight excluding hydrogens is 317 g/mol. The number of rotatable bonds is 4. The number of hydrogen-bond donors (Lipinski definition) is 1. The molecule has 2 aromatic carbocycles. The topological polar surface area (TPSA) is 41.3 Å². The largest absolute Gasteiger partial charge is 0.394 e. The molecule has 5 heteroatoms. The van der Waals surface area contributed by atoms with Gasteiger partial charge in [-0.15, -0.1) is 0 Å². The van der Waals surface area contributed by atoms with Crippen LogP contribution in [0.25, 0.3) is 11.0 Å². The molecule has 1 saturated heterocycles. The van der Waals surface area contributed by atoms with Crippen molar-refractivity contribution < 1.29 is 9.50 Å². The molecule has 4 nitrogen and oxygen atoms in total. The number of piperidine rings is 1. The van der Waals surface area contributed by atoms with Crippen LogP contribution in [-0.2, 0) is 6.54 Å². The van der Waals surface area contributed by atoms with Gasteiger partial charge in [-0.3, -0.25) is 0 Å². The second-order valence-electron chi connectivity index (χ2n) is 6.64. The van der Waals surface area contributed by atoms with Gasteiger partial charge in [0, 0.05) is 6.54 Å². The monoisotopic (exact) mass is 339 g/mol. The van der Waals surface area contributed by atoms with Gasteiger partial charge < -0.3 is 14.6 Å². The SMILES string of the molecule is OCC1CCCCN1c1nc2ccccc2n1Cc1ccc(F)cc1. The number of aliphatic hydroxyl groups is 1. The lowest BCUT2D eigenvalue weighted by molar-refractivity contribution is 0.238. The Kier molecular flexibility index (Phi) is 4.40. The Hall–Kier alpha value is -2.40. The Bertz CT molecular complexity index is 859. The van der Waals surface area contributed by atoms with E-state index in [1.807, 2.05) is 30.3 Å². The van der Waals surface area contributed by atoms with Crippen LogP contribution in [0.4, 0.5) is 10.3 Å². The summed E-state index contributed by atoms with van der Waals surface area (Å²) in [4.78, 5) is 7.08. The predicted octanol–water partition coefficient (Wildman–Crippen LogP) is 3.57. The number of fused-ring (bicyclic) bond motifs is 1. The standard InChI is InChI=1S/C20H22FN3O/c21-16-10-8-15(9-11-16)13-24-19-7-2-1-6-18(19)22-20(24)23-12-4-3-5-17(23)14-25/h1-2,6-11,17,25H,3-5,12-14H2. The number of imidazole rings is 1. The van der Waals surface area contributed by atoms with Gasteiger partial charge in [0.1, 0.15) is 5.82 Å². The molecule has 1 N–H and O–H groups in total. The van der Waals surface area contributed by atoms with Crippen molar-refractivity contribution in [3.05, 3.63) is 59.9 Å². The molecule has 0 bridgehead atoms. The molecule has 0 saturated carbocycles. The van der Waals surface area contributed by atoms with E-state index in [-0.39, 0.29) is 18.5 Å². The maximum atomic E-state index is 13.2. The first-order valence-electron chi connectivity index (χ1n) is 8.83. The third-order valence-electron chi connectivity index (χ3n) is 4.98. The maximum Gasteiger partial charge on any atom is 0.207 e. The summed E-state index contributed by atoms with van der Waals surface area (Å²) in [5.74, 6) is 0.667. The summed E-state index contributed by atoms with van der Waals surface area (Å²) in [6.07, 6.45) is 3.23. The fourth-order valence-electron chi connectivity index (χ4n) is 3.66. The van der Waals surface area contributed by atoms with E-state index in [4.69, 9.17) is 4.98 Å². The zero-order chi connectivity index (χ0) is 17.2. The molecule has 0 aliphatic carbocycles. The van der Waals surface area contributed by atoms with E-state index in [0.29, 0.717) is 6.54 Å². The maximum absolute atomic E-state index is 13.2. The first-order chi connectivity index (χ1) is 12.3. The number of para-hydroxylation sites is 2. The second-order valence-corrected chi connectivity index (χ2v) is 6.64. The number of aliphatic hydroxyl groups excluding tert-OH is 1. The zero-order valence-corrected chi connectivity index (χ0v) is 14.1. The van der Waals surface area contributed by atoms with Crippen LogP contribution in [0.2, 0.25) is 0 Å². The Labute approximate surface area is 146 Å². The Morgan fingerprint density at radius 1 is 1.08 bits per heavy atom. The van der Waals surface area contributed by atoms with Gasteiger partial charge in [-0.2, -0.15) is 0 Å². The van der Waals surface area contributed by atoms with Crippen molar-refractivity contribution >= 4 is 17.0 Å². The quantitative estimate of drug-likeness (QED) is 0.790. The normalized spacial score (nSPS) is 18.0. The summed E-state index contributed by atoms with van der Waals surface area (Å²) in [6, 6.07) is 14.8. The first-order valence-corrected chi connectivity index (χ1v) is 8.83. The summed E-state index contributed by atoms with van der Waals surface area (Å²) in [6.45, 7) is 1.67. The average molecular weight is 339 g/mol. The molecule has 1 atom stereocenters. The lowest BCUT2D eigenvalue weighted by atomic mass is 10.0. The summed E-state index contributed by atoms with van der Waals surface area (Å²) in [7, 11) is 0.